The van der Waals surface area contributed by atoms with E-state index in [1.165, 1.54) is 11.0 Å². The highest BCUT2D eigenvalue weighted by Gasteiger charge is 2.32. The van der Waals surface area contributed by atoms with Crippen LogP contribution in [0.2, 0.25) is 0 Å². The molecule has 1 aromatic heterocycles. The van der Waals surface area contributed by atoms with Crippen LogP contribution >= 0.6 is 0 Å². The molecule has 1 amide bonds. The number of hydrogen-bond acceptors (Lipinski definition) is 2. The lowest BCUT2D eigenvalue weighted by atomic mass is 9.97. The minimum atomic E-state index is -4.44. The molecule has 3 nitrogen and oxygen atoms in total. The van der Waals surface area contributed by atoms with Crippen molar-refractivity contribution in [2.75, 3.05) is 4.90 Å². The number of aromatic nitrogens is 1. The van der Waals surface area contributed by atoms with E-state index in [1.54, 1.807) is 24.4 Å². The minimum Gasteiger partial charge on any atom is -0.291 e. The van der Waals surface area contributed by atoms with Crippen molar-refractivity contribution < 1.29 is 18.0 Å². The van der Waals surface area contributed by atoms with Crippen molar-refractivity contribution in [3.8, 4) is 0 Å². The lowest BCUT2D eigenvalue weighted by Crippen LogP contribution is -2.47. The Kier molecular flexibility index (Phi) is 5.74. The smallest absolute Gasteiger partial charge is 0.291 e. The number of carbonyl (C=O) groups excluding carboxylic acids is 1. The molecule has 0 saturated heterocycles. The van der Waals surface area contributed by atoms with Gasteiger partial charge in [-0.1, -0.05) is 19.1 Å². The number of hydrogen-bond donors (Lipinski definition) is 0. The maximum absolute atomic E-state index is 13.0. The molecule has 2 aromatic rings. The molecule has 0 fully saturated rings. The standard InChI is InChI=1S/C20H23F3N2O/c1-5-14-9-10-16(20(21,22)23)12-15(14)13-18(26)25(19(2,3)4)17-8-6-7-11-24-17/h6-12H,5,13H2,1-4H3. The molecule has 0 N–H and O–H groups in total. The largest absolute Gasteiger partial charge is 0.416 e. The Morgan fingerprint density at radius 1 is 1.08 bits per heavy atom. The number of benzene rings is 1. The molecule has 0 aliphatic rings. The van der Waals surface area contributed by atoms with Gasteiger partial charge >= 0.3 is 6.18 Å². The first-order valence-corrected chi connectivity index (χ1v) is 8.47. The molecule has 0 aliphatic heterocycles. The summed E-state index contributed by atoms with van der Waals surface area (Å²) in [7, 11) is 0. The Morgan fingerprint density at radius 3 is 2.27 bits per heavy atom. The number of aryl methyl sites for hydroxylation is 1. The summed E-state index contributed by atoms with van der Waals surface area (Å²) in [6, 6.07) is 8.83. The fourth-order valence-corrected chi connectivity index (χ4v) is 2.89. The molecule has 0 atom stereocenters. The van der Waals surface area contributed by atoms with Crippen LogP contribution in [0.1, 0.15) is 44.4 Å². The third-order valence-electron chi connectivity index (χ3n) is 4.05. The molecule has 0 unspecified atom stereocenters. The van der Waals surface area contributed by atoms with Crippen LogP contribution in [0.5, 0.6) is 0 Å². The molecule has 1 heterocycles. The third-order valence-corrected chi connectivity index (χ3v) is 4.05. The molecular weight excluding hydrogens is 341 g/mol. The lowest BCUT2D eigenvalue weighted by Gasteiger charge is -2.35. The van der Waals surface area contributed by atoms with Gasteiger partial charge < -0.3 is 0 Å². The lowest BCUT2D eigenvalue weighted by molar-refractivity contribution is -0.137. The molecule has 140 valence electrons. The highest BCUT2D eigenvalue weighted by molar-refractivity contribution is 5.95. The van der Waals surface area contributed by atoms with Gasteiger partial charge in [-0.2, -0.15) is 13.2 Å². The van der Waals surface area contributed by atoms with E-state index in [4.69, 9.17) is 0 Å². The van der Waals surface area contributed by atoms with E-state index in [1.807, 2.05) is 27.7 Å². The zero-order valence-corrected chi connectivity index (χ0v) is 15.4. The predicted octanol–water partition coefficient (Wildman–Crippen LogP) is 5.04. The minimum absolute atomic E-state index is 0.110. The van der Waals surface area contributed by atoms with Gasteiger partial charge in [0.05, 0.1) is 12.0 Å². The van der Waals surface area contributed by atoms with Crippen molar-refractivity contribution in [1.29, 1.82) is 0 Å². The summed E-state index contributed by atoms with van der Waals surface area (Å²) in [5.74, 6) is 0.195. The summed E-state index contributed by atoms with van der Waals surface area (Å²) >= 11 is 0. The van der Waals surface area contributed by atoms with Crippen molar-refractivity contribution >= 4 is 11.7 Å². The number of rotatable bonds is 4. The van der Waals surface area contributed by atoms with Crippen molar-refractivity contribution in [2.24, 2.45) is 0 Å². The van der Waals surface area contributed by atoms with Crippen molar-refractivity contribution in [3.63, 3.8) is 0 Å². The molecule has 1 aromatic carbocycles. The van der Waals surface area contributed by atoms with Crippen molar-refractivity contribution in [2.45, 2.75) is 52.3 Å². The number of nitrogens with zero attached hydrogens (tertiary/aromatic N) is 2. The number of carbonyl (C=O) groups is 1. The van der Waals surface area contributed by atoms with Crippen LogP contribution in [0.3, 0.4) is 0 Å². The average molecular weight is 364 g/mol. The summed E-state index contributed by atoms with van der Waals surface area (Å²) < 4.78 is 39.1. The van der Waals surface area contributed by atoms with E-state index in [0.29, 0.717) is 17.8 Å². The number of halogens is 3. The van der Waals surface area contributed by atoms with E-state index in [2.05, 4.69) is 4.98 Å². The number of pyridine rings is 1. The molecular formula is C20H23F3N2O. The van der Waals surface area contributed by atoms with Crippen LogP contribution < -0.4 is 4.90 Å². The molecule has 0 radical (unpaired) electrons. The first kappa shape index (κ1) is 19.9. The second-order valence-electron chi connectivity index (χ2n) is 7.10. The number of amides is 1. The molecule has 6 heteroatoms. The fourth-order valence-electron chi connectivity index (χ4n) is 2.89. The Morgan fingerprint density at radius 2 is 1.77 bits per heavy atom. The maximum Gasteiger partial charge on any atom is 0.416 e. The van der Waals surface area contributed by atoms with E-state index >= 15 is 0 Å². The van der Waals surface area contributed by atoms with Gasteiger partial charge in [0.25, 0.3) is 0 Å². The number of alkyl halides is 3. The highest BCUT2D eigenvalue weighted by atomic mass is 19.4. The van der Waals surface area contributed by atoms with Gasteiger partial charge in [0.2, 0.25) is 5.91 Å². The first-order valence-electron chi connectivity index (χ1n) is 8.47. The summed E-state index contributed by atoms with van der Waals surface area (Å²) in [6.45, 7) is 7.46. The van der Waals surface area contributed by atoms with E-state index in [0.717, 1.165) is 17.7 Å². The second-order valence-corrected chi connectivity index (χ2v) is 7.10. The summed E-state index contributed by atoms with van der Waals surface area (Å²) in [6.07, 6.45) is -2.40. The third kappa shape index (κ3) is 4.62. The summed E-state index contributed by atoms with van der Waals surface area (Å²) in [5, 5.41) is 0. The average Bonchev–Trinajstić information content (AvgIpc) is 2.53. The van der Waals surface area contributed by atoms with Crippen LogP contribution in [-0.4, -0.2) is 16.4 Å². The predicted molar refractivity (Wildman–Crippen MR) is 96.0 cm³/mol. The van der Waals surface area contributed by atoms with Gasteiger partial charge in [0, 0.05) is 11.7 Å². The number of anilines is 1. The van der Waals surface area contributed by atoms with E-state index < -0.39 is 17.3 Å². The fraction of sp³-hybridized carbons (Fsp3) is 0.400. The van der Waals surface area contributed by atoms with Gasteiger partial charge in [-0.15, -0.1) is 0 Å². The maximum atomic E-state index is 13.0. The molecule has 0 saturated carbocycles. The molecule has 0 aliphatic carbocycles. The van der Waals surface area contributed by atoms with Gasteiger partial charge in [-0.25, -0.2) is 4.98 Å². The van der Waals surface area contributed by atoms with Crippen LogP contribution in [0.4, 0.5) is 19.0 Å². The van der Waals surface area contributed by atoms with Crippen LogP contribution in [0.25, 0.3) is 0 Å². The zero-order chi connectivity index (χ0) is 19.5. The SMILES string of the molecule is CCc1ccc(C(F)(F)F)cc1CC(=O)N(c1ccccn1)C(C)(C)C. The van der Waals surface area contributed by atoms with Gasteiger partial charge in [-0.05, 0) is 62.6 Å². The van der Waals surface area contributed by atoms with Gasteiger partial charge in [0.1, 0.15) is 5.82 Å². The van der Waals surface area contributed by atoms with Gasteiger partial charge in [0.15, 0.2) is 0 Å². The Bertz CT molecular complexity index is 765. The Labute approximate surface area is 151 Å². The molecule has 2 rings (SSSR count). The van der Waals surface area contributed by atoms with Crippen molar-refractivity contribution in [1.82, 2.24) is 4.98 Å². The molecule has 0 spiro atoms. The van der Waals surface area contributed by atoms with Crippen LogP contribution in [-0.2, 0) is 23.8 Å². The topological polar surface area (TPSA) is 33.2 Å². The van der Waals surface area contributed by atoms with Crippen LogP contribution in [0, 0.1) is 0 Å². The normalized spacial score (nSPS) is 12.1. The summed E-state index contributed by atoms with van der Waals surface area (Å²) in [4.78, 5) is 18.8. The Hall–Kier alpha value is -2.37. The second kappa shape index (κ2) is 7.48. The monoisotopic (exact) mass is 364 g/mol. The molecule has 26 heavy (non-hydrogen) atoms. The summed E-state index contributed by atoms with van der Waals surface area (Å²) in [5.41, 5.74) is -0.157. The van der Waals surface area contributed by atoms with Crippen molar-refractivity contribution in [3.05, 3.63) is 59.3 Å². The highest BCUT2D eigenvalue weighted by Crippen LogP contribution is 2.31. The Balaban J connectivity index is 2.40. The zero-order valence-electron chi connectivity index (χ0n) is 15.4. The van der Waals surface area contributed by atoms with E-state index in [9.17, 15) is 18.0 Å². The quantitative estimate of drug-likeness (QED) is 0.762. The van der Waals surface area contributed by atoms with Gasteiger partial charge in [-0.3, -0.25) is 9.69 Å². The molecule has 0 bridgehead atoms. The van der Waals surface area contributed by atoms with Crippen LogP contribution in [0.15, 0.2) is 42.6 Å². The first-order chi connectivity index (χ1) is 12.0. The van der Waals surface area contributed by atoms with E-state index in [-0.39, 0.29) is 12.3 Å².